The molecule has 0 spiro atoms. The summed E-state index contributed by atoms with van der Waals surface area (Å²) in [5.41, 5.74) is -1.80. The molecule has 0 saturated carbocycles. The molecule has 2 heterocycles. The van der Waals surface area contributed by atoms with Gasteiger partial charge in [0.2, 0.25) is 0 Å². The normalized spacial score (nSPS) is 27.3. The lowest BCUT2D eigenvalue weighted by Gasteiger charge is -2.26. The summed E-state index contributed by atoms with van der Waals surface area (Å²) in [6.07, 6.45) is -2.13. The Bertz CT molecular complexity index is 897. The first kappa shape index (κ1) is 25.2. The summed E-state index contributed by atoms with van der Waals surface area (Å²) in [6, 6.07) is 1.13. The van der Waals surface area contributed by atoms with Crippen LogP contribution in [0.1, 0.15) is 33.9 Å². The minimum absolute atomic E-state index is 0.00494. The lowest BCUT2D eigenvalue weighted by Crippen LogP contribution is -2.42. The average molecular weight is 484 g/mol. The van der Waals surface area contributed by atoms with Gasteiger partial charge in [-0.3, -0.25) is 19.1 Å². The van der Waals surface area contributed by atoms with Crippen LogP contribution in [0.2, 0.25) is 0 Å². The van der Waals surface area contributed by atoms with Crippen molar-refractivity contribution in [3.05, 3.63) is 33.1 Å². The molecular formula is C17H25ClN2O8PS+. The van der Waals surface area contributed by atoms with Crippen LogP contribution in [0.25, 0.3) is 0 Å². The van der Waals surface area contributed by atoms with E-state index in [1.165, 1.54) is 13.1 Å². The molecule has 0 aliphatic carbocycles. The first-order chi connectivity index (χ1) is 13.8. The highest BCUT2D eigenvalue weighted by Gasteiger charge is 2.54. The van der Waals surface area contributed by atoms with Crippen molar-refractivity contribution < 1.29 is 28.3 Å². The Kier molecular flexibility index (Phi) is 8.43. The number of hydrogen-bond donors (Lipinski definition) is 2. The van der Waals surface area contributed by atoms with Crippen molar-refractivity contribution in [3.8, 4) is 0 Å². The van der Waals surface area contributed by atoms with E-state index in [1.807, 2.05) is 0 Å². The quantitative estimate of drug-likeness (QED) is 0.322. The van der Waals surface area contributed by atoms with E-state index < -0.39 is 48.2 Å². The van der Waals surface area contributed by atoms with E-state index in [4.69, 9.17) is 25.4 Å². The fraction of sp³-hybridized carbons (Fsp3) is 0.706. The molecule has 13 heteroatoms. The third-order valence-corrected chi connectivity index (χ3v) is 6.70. The highest BCUT2D eigenvalue weighted by Crippen LogP contribution is 2.43. The fourth-order valence-electron chi connectivity index (χ4n) is 2.60. The molecule has 1 fully saturated rings. The van der Waals surface area contributed by atoms with Crippen LogP contribution in [0.5, 0.6) is 0 Å². The number of rotatable bonds is 8. The third kappa shape index (κ3) is 6.23. The number of H-pyrrole nitrogens is 1. The SMILES string of the molecule is CC(C)(C)C(=O)SCCO[P+](=O)OC[C@H]1O[C@@H](n2ccc(=O)[nH]c2=O)[C@](C)(Cl)[C@@H]1O. The predicted molar refractivity (Wildman–Crippen MR) is 112 cm³/mol. The van der Waals surface area contributed by atoms with Crippen molar-refractivity contribution >= 4 is 36.7 Å². The number of ether oxygens (including phenoxy) is 1. The van der Waals surface area contributed by atoms with Crippen molar-refractivity contribution in [1.29, 1.82) is 0 Å². The lowest BCUT2D eigenvalue weighted by atomic mass is 10.00. The number of carbonyl (C=O) groups excluding carboxylic acids is 1. The first-order valence-electron chi connectivity index (χ1n) is 9.08. The van der Waals surface area contributed by atoms with E-state index in [2.05, 4.69) is 4.98 Å². The van der Waals surface area contributed by atoms with Crippen molar-refractivity contribution in [3.63, 3.8) is 0 Å². The van der Waals surface area contributed by atoms with Crippen molar-refractivity contribution in [2.24, 2.45) is 5.41 Å². The minimum atomic E-state index is -2.51. The number of nitrogens with zero attached hydrogens (tertiary/aromatic N) is 1. The number of halogens is 1. The largest absolute Gasteiger partial charge is 0.697 e. The van der Waals surface area contributed by atoms with Crippen molar-refractivity contribution in [2.45, 2.75) is 51.0 Å². The van der Waals surface area contributed by atoms with Crippen LogP contribution < -0.4 is 11.2 Å². The van der Waals surface area contributed by atoms with Crippen molar-refractivity contribution in [1.82, 2.24) is 9.55 Å². The number of aromatic nitrogens is 2. The first-order valence-corrected chi connectivity index (χ1v) is 11.5. The van der Waals surface area contributed by atoms with Gasteiger partial charge in [0.05, 0.1) is 0 Å². The highest BCUT2D eigenvalue weighted by atomic mass is 35.5. The van der Waals surface area contributed by atoms with Gasteiger partial charge in [-0.05, 0) is 6.92 Å². The van der Waals surface area contributed by atoms with Crippen molar-refractivity contribution in [2.75, 3.05) is 19.0 Å². The molecule has 30 heavy (non-hydrogen) atoms. The van der Waals surface area contributed by atoms with E-state index >= 15 is 0 Å². The van der Waals surface area contributed by atoms with Crippen LogP contribution in [0, 0.1) is 5.41 Å². The lowest BCUT2D eigenvalue weighted by molar-refractivity contribution is -0.117. The fourth-order valence-corrected chi connectivity index (χ4v) is 4.39. The van der Waals surface area contributed by atoms with E-state index in [-0.39, 0.29) is 18.3 Å². The zero-order valence-corrected chi connectivity index (χ0v) is 19.5. The standard InChI is InChI=1S/C17H24ClN2O8PS/c1-16(2,3)14(23)30-8-7-26-29(25)27-9-10-12(22)17(4,18)13(28-10)20-6-5-11(21)19-15(20)24/h5-6,10,12-13,22H,7-9H2,1-4H3/p+1/t10-,12-,13-,17-/m1/s1. The molecule has 2 N–H and O–H groups in total. The smallest absolute Gasteiger partial charge is 0.388 e. The van der Waals surface area contributed by atoms with Gasteiger partial charge in [0.25, 0.3) is 5.56 Å². The van der Waals surface area contributed by atoms with Gasteiger partial charge >= 0.3 is 13.9 Å². The van der Waals surface area contributed by atoms with Crippen LogP contribution in [0.4, 0.5) is 0 Å². The Morgan fingerprint density at radius 1 is 1.43 bits per heavy atom. The van der Waals surface area contributed by atoms with Gasteiger partial charge in [0, 0.05) is 28.0 Å². The molecule has 1 aromatic rings. The molecule has 1 aliphatic rings. The molecule has 0 bridgehead atoms. The summed E-state index contributed by atoms with van der Waals surface area (Å²) in [4.78, 5) is 35.7. The molecule has 5 atom stereocenters. The average Bonchev–Trinajstić information content (AvgIpc) is 2.86. The zero-order valence-electron chi connectivity index (χ0n) is 17.0. The summed E-state index contributed by atoms with van der Waals surface area (Å²) in [5, 5.41) is 10.5. The van der Waals surface area contributed by atoms with Gasteiger partial charge in [-0.2, -0.15) is 0 Å². The molecular weight excluding hydrogens is 459 g/mol. The monoisotopic (exact) mass is 483 g/mol. The summed E-state index contributed by atoms with van der Waals surface area (Å²) in [6.45, 7) is 6.62. The molecule has 168 valence electrons. The maximum Gasteiger partial charge on any atom is 0.697 e. The van der Waals surface area contributed by atoms with Crippen LogP contribution in [-0.2, 0) is 23.1 Å². The maximum absolute atomic E-state index is 12.0. The molecule has 1 aromatic heterocycles. The van der Waals surface area contributed by atoms with Gasteiger partial charge in [0.1, 0.15) is 30.3 Å². The number of carbonyl (C=O) groups is 1. The molecule has 1 unspecified atom stereocenters. The predicted octanol–water partition coefficient (Wildman–Crippen LogP) is 1.79. The summed E-state index contributed by atoms with van der Waals surface area (Å²) < 4.78 is 28.7. The molecule has 1 saturated heterocycles. The molecule has 0 aromatic carbocycles. The highest BCUT2D eigenvalue weighted by molar-refractivity contribution is 8.13. The third-order valence-electron chi connectivity index (χ3n) is 4.29. The van der Waals surface area contributed by atoms with Gasteiger partial charge < -0.3 is 9.84 Å². The second kappa shape index (κ2) is 10.0. The Morgan fingerprint density at radius 2 is 2.10 bits per heavy atom. The maximum atomic E-state index is 12.0. The van der Waals surface area contributed by atoms with Gasteiger partial charge in [-0.15, -0.1) is 20.6 Å². The van der Waals surface area contributed by atoms with E-state index in [1.54, 1.807) is 20.8 Å². The Balaban J connectivity index is 1.87. The minimum Gasteiger partial charge on any atom is -0.388 e. The number of aliphatic hydroxyl groups excluding tert-OH is 1. The van der Waals surface area contributed by atoms with Crippen LogP contribution in [-0.4, -0.2) is 55.8 Å². The van der Waals surface area contributed by atoms with Crippen LogP contribution >= 0.6 is 31.6 Å². The topological polar surface area (TPSA) is 137 Å². The second-order valence-electron chi connectivity index (χ2n) is 7.88. The number of thioether (sulfide) groups is 1. The number of aliphatic hydroxyl groups is 1. The molecule has 2 rings (SSSR count). The Hall–Kier alpha value is -1.07. The van der Waals surface area contributed by atoms with E-state index in [9.17, 15) is 24.1 Å². The van der Waals surface area contributed by atoms with Gasteiger partial charge in [-0.25, -0.2) is 4.79 Å². The van der Waals surface area contributed by atoms with Crippen LogP contribution in [0.15, 0.2) is 21.9 Å². The number of nitrogens with one attached hydrogen (secondary N) is 1. The van der Waals surface area contributed by atoms with Crippen LogP contribution in [0.3, 0.4) is 0 Å². The number of aromatic amines is 1. The number of alkyl halides is 1. The Labute approximate surface area is 183 Å². The zero-order chi connectivity index (χ0) is 22.7. The molecule has 0 radical (unpaired) electrons. The Morgan fingerprint density at radius 3 is 2.70 bits per heavy atom. The van der Waals surface area contributed by atoms with Gasteiger partial charge in [-0.1, -0.05) is 32.5 Å². The molecule has 10 nitrogen and oxygen atoms in total. The summed E-state index contributed by atoms with van der Waals surface area (Å²) in [7, 11) is -2.51. The molecule has 0 amide bonds. The second-order valence-corrected chi connectivity index (χ2v) is 10.7. The summed E-state index contributed by atoms with van der Waals surface area (Å²) >= 11 is 7.47. The molecule has 1 aliphatic heterocycles. The number of hydrogen-bond acceptors (Lipinski definition) is 9. The van der Waals surface area contributed by atoms with Gasteiger partial charge in [0.15, 0.2) is 11.3 Å². The van der Waals surface area contributed by atoms with E-state index in [0.717, 1.165) is 22.4 Å². The van der Waals surface area contributed by atoms with E-state index in [0.29, 0.717) is 5.75 Å². The summed E-state index contributed by atoms with van der Waals surface area (Å²) in [5.74, 6) is 0.319.